The van der Waals surface area contributed by atoms with Crippen molar-refractivity contribution in [1.29, 1.82) is 0 Å². The molecule has 0 aliphatic carbocycles. The van der Waals surface area contributed by atoms with Crippen LogP contribution in [0, 0.1) is 0 Å². The number of nitrogens with zero attached hydrogens (tertiary/aromatic N) is 3. The number of carbonyl (C=O) groups excluding carboxylic acids is 1. The Hall–Kier alpha value is -2.31. The topological polar surface area (TPSA) is 71.6 Å². The molecule has 3 rings (SSSR count). The highest BCUT2D eigenvalue weighted by molar-refractivity contribution is 8.18. The Bertz CT molecular complexity index is 877. The Morgan fingerprint density at radius 1 is 1.32 bits per heavy atom. The Labute approximate surface area is 155 Å². The molecule has 0 radical (unpaired) electrons. The van der Waals surface area contributed by atoms with Gasteiger partial charge in [0.2, 0.25) is 0 Å². The van der Waals surface area contributed by atoms with Crippen LogP contribution in [0.15, 0.2) is 52.6 Å². The maximum absolute atomic E-state index is 12.8. The van der Waals surface area contributed by atoms with Crippen molar-refractivity contribution in [2.75, 3.05) is 12.3 Å². The molecule has 1 amide bonds. The predicted molar refractivity (Wildman–Crippen MR) is 105 cm³/mol. The normalized spacial score (nSPS) is 18.1. The van der Waals surface area contributed by atoms with Crippen LogP contribution in [0.5, 0.6) is 0 Å². The van der Waals surface area contributed by atoms with E-state index in [1.165, 1.54) is 18.0 Å². The molecule has 1 fully saturated rings. The molecule has 0 saturated carbocycles. The van der Waals surface area contributed by atoms with Gasteiger partial charge >= 0.3 is 0 Å². The third-order valence-electron chi connectivity index (χ3n) is 3.83. The second kappa shape index (κ2) is 7.29. The molecule has 0 unspecified atom stereocenters. The number of amides is 1. The van der Waals surface area contributed by atoms with Gasteiger partial charge in [-0.2, -0.15) is 0 Å². The fourth-order valence-corrected chi connectivity index (χ4v) is 3.70. The van der Waals surface area contributed by atoms with E-state index in [4.69, 9.17) is 17.3 Å². The first kappa shape index (κ1) is 17.5. The smallest absolute Gasteiger partial charge is 0.267 e. The molecular formula is C18H17ClN4OS. The highest BCUT2D eigenvalue weighted by Crippen LogP contribution is 2.38. The lowest BCUT2D eigenvalue weighted by atomic mass is 10.1. The molecule has 0 bridgehead atoms. The van der Waals surface area contributed by atoms with Gasteiger partial charge < -0.3 is 5.73 Å². The third-order valence-corrected chi connectivity index (χ3v) is 5.30. The van der Waals surface area contributed by atoms with Gasteiger partial charge in [-0.15, -0.1) is 0 Å². The summed E-state index contributed by atoms with van der Waals surface area (Å²) >= 11 is 7.49. The zero-order chi connectivity index (χ0) is 18.0. The molecule has 128 valence electrons. The number of carbonyl (C=O) groups is 1. The van der Waals surface area contributed by atoms with Gasteiger partial charge in [0.05, 0.1) is 15.6 Å². The zero-order valence-corrected chi connectivity index (χ0v) is 15.4. The van der Waals surface area contributed by atoms with Gasteiger partial charge in [-0.25, -0.2) is 4.99 Å². The van der Waals surface area contributed by atoms with Gasteiger partial charge in [0.15, 0.2) is 5.17 Å². The number of hydrogen-bond acceptors (Lipinski definition) is 5. The van der Waals surface area contributed by atoms with Crippen molar-refractivity contribution in [2.45, 2.75) is 13.8 Å². The van der Waals surface area contributed by atoms with Crippen LogP contribution >= 0.6 is 23.4 Å². The maximum atomic E-state index is 12.8. The summed E-state index contributed by atoms with van der Waals surface area (Å²) in [6, 6.07) is 9.20. The van der Waals surface area contributed by atoms with Crippen molar-refractivity contribution >= 4 is 51.4 Å². The third kappa shape index (κ3) is 3.55. The molecular weight excluding hydrogens is 356 g/mol. The number of hydrogen-bond donors (Lipinski definition) is 1. The van der Waals surface area contributed by atoms with Gasteiger partial charge in [0, 0.05) is 24.6 Å². The molecule has 1 aliphatic heterocycles. The van der Waals surface area contributed by atoms with Crippen molar-refractivity contribution in [3.05, 3.63) is 58.2 Å². The van der Waals surface area contributed by atoms with E-state index < -0.39 is 0 Å². The molecule has 2 N–H and O–H groups in total. The molecule has 25 heavy (non-hydrogen) atoms. The maximum Gasteiger partial charge on any atom is 0.267 e. The minimum Gasteiger partial charge on any atom is -0.399 e. The van der Waals surface area contributed by atoms with Crippen LogP contribution in [-0.2, 0) is 4.79 Å². The average Bonchev–Trinajstić information content (AvgIpc) is 2.92. The molecule has 2 aromatic rings. The Morgan fingerprint density at radius 2 is 2.04 bits per heavy atom. The predicted octanol–water partition coefficient (Wildman–Crippen LogP) is 4.33. The van der Waals surface area contributed by atoms with E-state index in [-0.39, 0.29) is 5.91 Å². The molecule has 0 atom stereocenters. The fourth-order valence-electron chi connectivity index (χ4n) is 2.42. The summed E-state index contributed by atoms with van der Waals surface area (Å²) in [4.78, 5) is 23.6. The van der Waals surface area contributed by atoms with Gasteiger partial charge in [0.25, 0.3) is 5.91 Å². The SMILES string of the molecule is CCN1C(=O)/C(=C(\C)c2ccc(N)cc2)SC1=Nc1ccncc1Cl. The second-order valence-corrected chi connectivity index (χ2v) is 6.83. The first-order chi connectivity index (χ1) is 12.0. The molecule has 2 heterocycles. The molecule has 1 aliphatic rings. The number of likely N-dealkylation sites (N-methyl/N-ethyl adjacent to an activating group) is 1. The number of nitrogens with two attached hydrogens (primary N) is 1. The zero-order valence-electron chi connectivity index (χ0n) is 13.9. The number of aliphatic imine (C=N–C) groups is 1. The van der Waals surface area contributed by atoms with E-state index >= 15 is 0 Å². The minimum atomic E-state index is -0.0502. The number of benzene rings is 1. The monoisotopic (exact) mass is 372 g/mol. The summed E-state index contributed by atoms with van der Waals surface area (Å²) in [6.45, 7) is 4.39. The summed E-state index contributed by atoms with van der Waals surface area (Å²) in [6.07, 6.45) is 3.16. The van der Waals surface area contributed by atoms with Gasteiger partial charge in [-0.3, -0.25) is 14.7 Å². The van der Waals surface area contributed by atoms with E-state index in [1.54, 1.807) is 17.2 Å². The number of anilines is 1. The molecule has 7 heteroatoms. The summed E-state index contributed by atoms with van der Waals surface area (Å²) in [5.74, 6) is -0.0502. The fraction of sp³-hybridized carbons (Fsp3) is 0.167. The summed E-state index contributed by atoms with van der Waals surface area (Å²) in [5, 5.41) is 1.07. The van der Waals surface area contributed by atoms with E-state index in [9.17, 15) is 4.79 Å². The lowest BCUT2D eigenvalue weighted by Crippen LogP contribution is -2.28. The molecule has 5 nitrogen and oxygen atoms in total. The quantitative estimate of drug-likeness (QED) is 0.642. The lowest BCUT2D eigenvalue weighted by molar-refractivity contribution is -0.122. The van der Waals surface area contributed by atoms with E-state index in [0.717, 1.165) is 11.1 Å². The number of nitrogen functional groups attached to an aromatic ring is 1. The summed E-state index contributed by atoms with van der Waals surface area (Å²) < 4.78 is 0. The van der Waals surface area contributed by atoms with Crippen LogP contribution < -0.4 is 5.73 Å². The van der Waals surface area contributed by atoms with Crippen LogP contribution in [0.25, 0.3) is 5.57 Å². The molecule has 1 aromatic carbocycles. The van der Waals surface area contributed by atoms with Gasteiger partial charge in [-0.1, -0.05) is 23.7 Å². The van der Waals surface area contributed by atoms with Gasteiger partial charge in [0.1, 0.15) is 0 Å². The van der Waals surface area contributed by atoms with Crippen molar-refractivity contribution < 1.29 is 4.79 Å². The summed E-state index contributed by atoms with van der Waals surface area (Å²) in [7, 11) is 0. The summed E-state index contributed by atoms with van der Waals surface area (Å²) in [5.41, 5.74) is 8.89. The Kier molecular flexibility index (Phi) is 5.11. The van der Waals surface area contributed by atoms with E-state index in [1.807, 2.05) is 38.1 Å². The lowest BCUT2D eigenvalue weighted by Gasteiger charge is -2.12. The number of halogens is 1. The number of rotatable bonds is 3. The van der Waals surface area contributed by atoms with Crippen molar-refractivity contribution in [3.8, 4) is 0 Å². The number of aromatic nitrogens is 1. The van der Waals surface area contributed by atoms with Crippen LogP contribution in [0.4, 0.5) is 11.4 Å². The van der Waals surface area contributed by atoms with E-state index in [0.29, 0.717) is 33.0 Å². The minimum absolute atomic E-state index is 0.0502. The molecule has 0 spiro atoms. The van der Waals surface area contributed by atoms with Crippen LogP contribution in [0.1, 0.15) is 19.4 Å². The number of thioether (sulfide) groups is 1. The standard InChI is InChI=1S/C18H17ClN4OS/c1-3-23-17(24)16(11(2)12-4-6-13(20)7-5-12)25-18(23)22-15-8-9-21-10-14(15)19/h4-10H,3,20H2,1-2H3/b16-11-,22-18?. The van der Waals surface area contributed by atoms with Crippen molar-refractivity contribution in [2.24, 2.45) is 4.99 Å². The average molecular weight is 373 g/mol. The van der Waals surface area contributed by atoms with Gasteiger partial charge in [-0.05, 0) is 54.9 Å². The van der Waals surface area contributed by atoms with Crippen molar-refractivity contribution in [1.82, 2.24) is 9.88 Å². The first-order valence-electron chi connectivity index (χ1n) is 7.76. The second-order valence-electron chi connectivity index (χ2n) is 5.45. The largest absolute Gasteiger partial charge is 0.399 e. The Morgan fingerprint density at radius 3 is 2.68 bits per heavy atom. The van der Waals surface area contributed by atoms with E-state index in [2.05, 4.69) is 9.98 Å². The molecule has 1 saturated heterocycles. The number of amidine groups is 1. The number of pyridine rings is 1. The van der Waals surface area contributed by atoms with Crippen LogP contribution in [-0.4, -0.2) is 27.5 Å². The van der Waals surface area contributed by atoms with Crippen LogP contribution in [0.3, 0.4) is 0 Å². The van der Waals surface area contributed by atoms with Crippen molar-refractivity contribution in [3.63, 3.8) is 0 Å². The highest BCUT2D eigenvalue weighted by atomic mass is 35.5. The highest BCUT2D eigenvalue weighted by Gasteiger charge is 2.34. The molecule has 1 aromatic heterocycles. The number of allylic oxidation sites excluding steroid dienone is 1. The van der Waals surface area contributed by atoms with Crippen LogP contribution in [0.2, 0.25) is 5.02 Å². The first-order valence-corrected chi connectivity index (χ1v) is 8.95. The Balaban J connectivity index is 2.01.